The fourth-order valence-electron chi connectivity index (χ4n) is 3.37. The third-order valence-corrected chi connectivity index (χ3v) is 5.07. The summed E-state index contributed by atoms with van der Waals surface area (Å²) in [5, 5.41) is 4.23. The second-order valence-corrected chi connectivity index (χ2v) is 7.21. The highest BCUT2D eigenvalue weighted by Gasteiger charge is 2.15. The molecule has 1 heterocycles. The second kappa shape index (κ2) is 10.6. The van der Waals surface area contributed by atoms with Crippen LogP contribution in [-0.4, -0.2) is 50.4 Å². The van der Waals surface area contributed by atoms with Crippen LogP contribution in [0.3, 0.4) is 0 Å². The molecule has 0 saturated carbocycles. The van der Waals surface area contributed by atoms with Gasteiger partial charge in [-0.05, 0) is 80.9 Å². The molecule has 0 aliphatic carbocycles. The van der Waals surface area contributed by atoms with E-state index in [1.807, 2.05) is 19.1 Å². The van der Waals surface area contributed by atoms with E-state index in [2.05, 4.69) is 21.5 Å². The van der Waals surface area contributed by atoms with Crippen molar-refractivity contribution in [1.82, 2.24) is 10.3 Å². The minimum Gasteiger partial charge on any atom is -0.497 e. The van der Waals surface area contributed by atoms with E-state index < -0.39 is 0 Å². The minimum absolute atomic E-state index is 0.119. The van der Waals surface area contributed by atoms with E-state index in [0.29, 0.717) is 5.75 Å². The fraction of sp³-hybridized carbons (Fsp3) is 0.391. The van der Waals surface area contributed by atoms with Gasteiger partial charge in [-0.3, -0.25) is 9.69 Å². The summed E-state index contributed by atoms with van der Waals surface area (Å²) in [7, 11) is 3.29. The van der Waals surface area contributed by atoms with E-state index in [-0.39, 0.29) is 12.5 Å². The van der Waals surface area contributed by atoms with Crippen molar-refractivity contribution in [3.63, 3.8) is 0 Å². The number of nitrogens with zero attached hydrogens (tertiary/aromatic N) is 2. The Kier molecular flexibility index (Phi) is 7.68. The number of rotatable bonds is 9. The normalized spacial score (nSPS) is 14.4. The Bertz CT molecular complexity index is 875. The molecule has 1 aliphatic heterocycles. The number of likely N-dealkylation sites (tertiary alicyclic amines) is 1. The number of carbonyl (C=O) groups excluding carboxylic acids is 1. The summed E-state index contributed by atoms with van der Waals surface area (Å²) in [5.41, 5.74) is 5.34. The first kappa shape index (κ1) is 21.6. The van der Waals surface area contributed by atoms with Crippen LogP contribution in [0.4, 0.5) is 0 Å². The van der Waals surface area contributed by atoms with Gasteiger partial charge in [-0.1, -0.05) is 0 Å². The average molecular weight is 412 g/mol. The van der Waals surface area contributed by atoms with Gasteiger partial charge in [0.1, 0.15) is 17.2 Å². The van der Waals surface area contributed by atoms with Crippen molar-refractivity contribution in [1.29, 1.82) is 0 Å². The fourth-order valence-corrected chi connectivity index (χ4v) is 3.37. The van der Waals surface area contributed by atoms with Crippen molar-refractivity contribution < 1.29 is 19.0 Å². The predicted molar refractivity (Wildman–Crippen MR) is 116 cm³/mol. The van der Waals surface area contributed by atoms with Gasteiger partial charge in [0.15, 0.2) is 6.61 Å². The number of hydrazone groups is 1. The molecule has 0 radical (unpaired) electrons. The molecule has 7 heteroatoms. The summed E-state index contributed by atoms with van der Waals surface area (Å²) in [6.45, 7) is 4.83. The number of benzene rings is 2. The van der Waals surface area contributed by atoms with Crippen molar-refractivity contribution in [3.8, 4) is 17.2 Å². The van der Waals surface area contributed by atoms with E-state index in [4.69, 9.17) is 14.2 Å². The van der Waals surface area contributed by atoms with Crippen molar-refractivity contribution in [3.05, 3.63) is 53.6 Å². The molecule has 3 rings (SSSR count). The highest BCUT2D eigenvalue weighted by Crippen LogP contribution is 2.24. The molecule has 1 saturated heterocycles. The van der Waals surface area contributed by atoms with Crippen LogP contribution >= 0.6 is 0 Å². The predicted octanol–water partition coefficient (Wildman–Crippen LogP) is 3.22. The zero-order chi connectivity index (χ0) is 21.3. The van der Waals surface area contributed by atoms with Crippen molar-refractivity contribution in [2.45, 2.75) is 26.3 Å². The maximum atomic E-state index is 12.1. The third kappa shape index (κ3) is 5.97. The average Bonchev–Trinajstić information content (AvgIpc) is 3.29. The molecule has 0 bridgehead atoms. The number of hydrogen-bond acceptors (Lipinski definition) is 6. The zero-order valence-corrected chi connectivity index (χ0v) is 17.8. The molecular formula is C23H29N3O4. The van der Waals surface area contributed by atoms with Gasteiger partial charge in [-0.25, -0.2) is 5.43 Å². The lowest BCUT2D eigenvalue weighted by Crippen LogP contribution is -2.25. The molecular weight excluding hydrogens is 382 g/mol. The third-order valence-electron chi connectivity index (χ3n) is 5.07. The molecule has 1 aliphatic rings. The Morgan fingerprint density at radius 3 is 2.40 bits per heavy atom. The number of hydrogen-bond donors (Lipinski definition) is 1. The first-order valence-electron chi connectivity index (χ1n) is 10.1. The van der Waals surface area contributed by atoms with E-state index >= 15 is 0 Å². The lowest BCUT2D eigenvalue weighted by atomic mass is 10.1. The zero-order valence-electron chi connectivity index (χ0n) is 17.8. The SMILES string of the molecule is COc1ccc(OCC(=O)N/N=C(/C)c2ccc(OC)c(CN3CCCC3)c2)cc1. The topological polar surface area (TPSA) is 72.4 Å². The summed E-state index contributed by atoms with van der Waals surface area (Å²) < 4.78 is 16.1. The summed E-state index contributed by atoms with van der Waals surface area (Å²) in [6, 6.07) is 13.0. The molecule has 0 unspecified atom stereocenters. The van der Waals surface area contributed by atoms with Crippen LogP contribution in [0.1, 0.15) is 30.9 Å². The maximum Gasteiger partial charge on any atom is 0.277 e. The minimum atomic E-state index is -0.323. The van der Waals surface area contributed by atoms with Crippen molar-refractivity contribution >= 4 is 11.6 Å². The monoisotopic (exact) mass is 411 g/mol. The molecule has 1 N–H and O–H groups in total. The number of amides is 1. The van der Waals surface area contributed by atoms with E-state index in [1.165, 1.54) is 12.8 Å². The summed E-state index contributed by atoms with van der Waals surface area (Å²) in [6.07, 6.45) is 2.49. The van der Waals surface area contributed by atoms with Gasteiger partial charge in [-0.2, -0.15) is 5.10 Å². The van der Waals surface area contributed by atoms with Gasteiger partial charge >= 0.3 is 0 Å². The van der Waals surface area contributed by atoms with E-state index in [9.17, 15) is 4.79 Å². The first-order valence-corrected chi connectivity index (χ1v) is 10.1. The summed E-state index contributed by atoms with van der Waals surface area (Å²) in [5.74, 6) is 1.87. The summed E-state index contributed by atoms with van der Waals surface area (Å²) >= 11 is 0. The number of ether oxygens (including phenoxy) is 3. The lowest BCUT2D eigenvalue weighted by Gasteiger charge is -2.17. The van der Waals surface area contributed by atoms with Crippen LogP contribution < -0.4 is 19.6 Å². The van der Waals surface area contributed by atoms with Gasteiger partial charge in [0.05, 0.1) is 19.9 Å². The van der Waals surface area contributed by atoms with Crippen LogP contribution in [0, 0.1) is 0 Å². The molecule has 2 aromatic rings. The number of nitrogens with one attached hydrogen (secondary N) is 1. The molecule has 1 amide bonds. The molecule has 0 atom stereocenters. The van der Waals surface area contributed by atoms with Crippen LogP contribution in [0.15, 0.2) is 47.6 Å². The molecule has 30 heavy (non-hydrogen) atoms. The highest BCUT2D eigenvalue weighted by atomic mass is 16.5. The Morgan fingerprint density at radius 2 is 1.73 bits per heavy atom. The first-order chi connectivity index (χ1) is 14.6. The van der Waals surface area contributed by atoms with E-state index in [1.54, 1.807) is 38.5 Å². The van der Waals surface area contributed by atoms with Gasteiger partial charge in [0, 0.05) is 12.1 Å². The standard InChI is InChI=1S/C23H29N3O4/c1-17(24-25-23(27)16-30-21-9-7-20(28-2)8-10-21)18-6-11-22(29-3)19(14-18)15-26-12-4-5-13-26/h6-11,14H,4-5,12-13,15-16H2,1-3H3,(H,25,27)/b24-17-. The molecule has 160 valence electrons. The lowest BCUT2D eigenvalue weighted by molar-refractivity contribution is -0.123. The Labute approximate surface area is 177 Å². The Morgan fingerprint density at radius 1 is 1.03 bits per heavy atom. The highest BCUT2D eigenvalue weighted by molar-refractivity contribution is 5.99. The Hall–Kier alpha value is -3.06. The quantitative estimate of drug-likeness (QED) is 0.507. The van der Waals surface area contributed by atoms with Crippen LogP contribution in [0.25, 0.3) is 0 Å². The van der Waals surface area contributed by atoms with Gasteiger partial charge in [-0.15, -0.1) is 0 Å². The maximum absolute atomic E-state index is 12.1. The Balaban J connectivity index is 1.57. The molecule has 0 aromatic heterocycles. The van der Waals surface area contributed by atoms with Gasteiger partial charge < -0.3 is 14.2 Å². The second-order valence-electron chi connectivity index (χ2n) is 7.21. The number of carbonyl (C=O) groups is 1. The summed E-state index contributed by atoms with van der Waals surface area (Å²) in [4.78, 5) is 14.5. The van der Waals surface area contributed by atoms with Gasteiger partial charge in [0.2, 0.25) is 0 Å². The molecule has 0 spiro atoms. The molecule has 2 aromatic carbocycles. The smallest absolute Gasteiger partial charge is 0.277 e. The van der Waals surface area contributed by atoms with Crippen LogP contribution in [-0.2, 0) is 11.3 Å². The largest absolute Gasteiger partial charge is 0.497 e. The van der Waals surface area contributed by atoms with Crippen LogP contribution in [0.2, 0.25) is 0 Å². The molecule has 1 fully saturated rings. The van der Waals surface area contributed by atoms with Crippen molar-refractivity contribution in [2.75, 3.05) is 33.9 Å². The van der Waals surface area contributed by atoms with E-state index in [0.717, 1.165) is 48.0 Å². The number of methoxy groups -OCH3 is 2. The van der Waals surface area contributed by atoms with Crippen LogP contribution in [0.5, 0.6) is 17.2 Å². The van der Waals surface area contributed by atoms with Gasteiger partial charge in [0.25, 0.3) is 5.91 Å². The van der Waals surface area contributed by atoms with Crippen molar-refractivity contribution in [2.24, 2.45) is 5.10 Å². The molecule has 7 nitrogen and oxygen atoms in total.